The van der Waals surface area contributed by atoms with Crippen molar-refractivity contribution in [3.05, 3.63) is 11.6 Å². The highest BCUT2D eigenvalue weighted by molar-refractivity contribution is 5.79. The maximum atomic E-state index is 5.43. The Balaban J connectivity index is 1.69. The normalized spacial score (nSPS) is 23.6. The molecule has 108 valence electrons. The Labute approximate surface area is 116 Å². The molecule has 0 aromatic carbocycles. The molecular formula is C15H27N3O. The number of guanidine groups is 1. The molecule has 4 heteroatoms. The summed E-state index contributed by atoms with van der Waals surface area (Å²) in [4.78, 5) is 6.59. The average Bonchev–Trinajstić information content (AvgIpc) is 3.07. The summed E-state index contributed by atoms with van der Waals surface area (Å²) >= 11 is 0. The zero-order chi connectivity index (χ0) is 13.5. The van der Waals surface area contributed by atoms with Gasteiger partial charge in [-0.05, 0) is 32.1 Å². The molecule has 2 rings (SSSR count). The van der Waals surface area contributed by atoms with E-state index in [9.17, 15) is 0 Å². The molecule has 1 atom stereocenters. The number of hydrogen-bond donors (Lipinski definition) is 1. The molecule has 0 saturated carbocycles. The number of allylic oxidation sites excluding steroid dienone is 1. The van der Waals surface area contributed by atoms with E-state index in [0.717, 1.165) is 38.7 Å². The van der Waals surface area contributed by atoms with Gasteiger partial charge in [-0.1, -0.05) is 11.6 Å². The summed E-state index contributed by atoms with van der Waals surface area (Å²) in [6.45, 7) is 3.83. The maximum absolute atomic E-state index is 5.43. The number of hydrogen-bond acceptors (Lipinski definition) is 2. The van der Waals surface area contributed by atoms with E-state index in [0.29, 0.717) is 5.92 Å². The molecule has 1 aliphatic heterocycles. The lowest BCUT2D eigenvalue weighted by molar-refractivity contribution is 0.181. The van der Waals surface area contributed by atoms with Gasteiger partial charge in [0.1, 0.15) is 0 Å². The van der Waals surface area contributed by atoms with Gasteiger partial charge in [0.2, 0.25) is 0 Å². The van der Waals surface area contributed by atoms with E-state index < -0.39 is 0 Å². The molecule has 19 heavy (non-hydrogen) atoms. The van der Waals surface area contributed by atoms with Crippen LogP contribution in [0, 0.1) is 5.92 Å². The molecule has 0 aromatic rings. The van der Waals surface area contributed by atoms with E-state index >= 15 is 0 Å². The van der Waals surface area contributed by atoms with Gasteiger partial charge in [0, 0.05) is 39.7 Å². The summed E-state index contributed by atoms with van der Waals surface area (Å²) in [6.07, 6.45) is 8.62. The van der Waals surface area contributed by atoms with Gasteiger partial charge in [-0.15, -0.1) is 0 Å². The Morgan fingerprint density at radius 1 is 1.58 bits per heavy atom. The van der Waals surface area contributed by atoms with Crippen molar-refractivity contribution in [3.8, 4) is 0 Å². The highest BCUT2D eigenvalue weighted by Gasteiger charge is 2.18. The van der Waals surface area contributed by atoms with Crippen LogP contribution in [0.1, 0.15) is 32.1 Å². The van der Waals surface area contributed by atoms with Crippen molar-refractivity contribution < 1.29 is 4.74 Å². The molecule has 0 amide bonds. The Bertz CT molecular complexity index is 332. The monoisotopic (exact) mass is 265 g/mol. The molecule has 4 nitrogen and oxygen atoms in total. The van der Waals surface area contributed by atoms with Gasteiger partial charge in [0.25, 0.3) is 0 Å². The van der Waals surface area contributed by atoms with Crippen LogP contribution in [0.5, 0.6) is 0 Å². The Morgan fingerprint density at radius 2 is 2.47 bits per heavy atom. The van der Waals surface area contributed by atoms with Crippen LogP contribution in [-0.4, -0.2) is 51.3 Å². The van der Waals surface area contributed by atoms with Gasteiger partial charge in [0.05, 0.1) is 6.61 Å². The second-order valence-corrected chi connectivity index (χ2v) is 5.59. The third kappa shape index (κ3) is 4.53. The molecule has 0 spiro atoms. The molecule has 1 saturated heterocycles. The predicted octanol–water partition coefficient (Wildman–Crippen LogP) is 2.03. The first-order chi connectivity index (χ1) is 9.29. The van der Waals surface area contributed by atoms with Crippen LogP contribution in [0.4, 0.5) is 0 Å². The molecule has 0 bridgehead atoms. The first-order valence-corrected chi connectivity index (χ1v) is 7.47. The van der Waals surface area contributed by atoms with Crippen molar-refractivity contribution in [2.75, 3.05) is 40.4 Å². The SMILES string of the molecule is CN=C(NCCC1=CCCC1)N(C)CC1CCOC1. The van der Waals surface area contributed by atoms with E-state index in [-0.39, 0.29) is 0 Å². The van der Waals surface area contributed by atoms with Crippen LogP contribution in [-0.2, 0) is 4.74 Å². The van der Waals surface area contributed by atoms with Gasteiger partial charge in [-0.25, -0.2) is 0 Å². The maximum Gasteiger partial charge on any atom is 0.193 e. The largest absolute Gasteiger partial charge is 0.381 e. The molecule has 0 radical (unpaired) electrons. The summed E-state index contributed by atoms with van der Waals surface area (Å²) in [6, 6.07) is 0. The predicted molar refractivity (Wildman–Crippen MR) is 79.5 cm³/mol. The number of nitrogens with one attached hydrogen (secondary N) is 1. The van der Waals surface area contributed by atoms with Crippen molar-refractivity contribution in [3.63, 3.8) is 0 Å². The highest BCUT2D eigenvalue weighted by Crippen LogP contribution is 2.19. The minimum atomic E-state index is 0.654. The van der Waals surface area contributed by atoms with E-state index in [1.807, 2.05) is 7.05 Å². The third-order valence-electron chi connectivity index (χ3n) is 3.99. The Kier molecular flexibility index (Phi) is 5.70. The van der Waals surface area contributed by atoms with Gasteiger partial charge >= 0.3 is 0 Å². The fraction of sp³-hybridized carbons (Fsp3) is 0.800. The zero-order valence-corrected chi connectivity index (χ0v) is 12.3. The van der Waals surface area contributed by atoms with Gasteiger partial charge in [-0.3, -0.25) is 4.99 Å². The van der Waals surface area contributed by atoms with Crippen molar-refractivity contribution in [2.45, 2.75) is 32.1 Å². The number of rotatable bonds is 5. The van der Waals surface area contributed by atoms with Crippen LogP contribution < -0.4 is 5.32 Å². The lowest BCUT2D eigenvalue weighted by Crippen LogP contribution is -2.41. The lowest BCUT2D eigenvalue weighted by Gasteiger charge is -2.24. The van der Waals surface area contributed by atoms with E-state index in [4.69, 9.17) is 4.74 Å². The second kappa shape index (κ2) is 7.53. The fourth-order valence-electron chi connectivity index (χ4n) is 2.89. The summed E-state index contributed by atoms with van der Waals surface area (Å²) in [5.74, 6) is 1.66. The van der Waals surface area contributed by atoms with Crippen molar-refractivity contribution >= 4 is 5.96 Å². The van der Waals surface area contributed by atoms with Crippen LogP contribution in [0.25, 0.3) is 0 Å². The minimum absolute atomic E-state index is 0.654. The number of aliphatic imine (C=N–C) groups is 1. The molecule has 0 aromatic heterocycles. The standard InChI is InChI=1S/C15H27N3O/c1-16-15(17-9-7-13-5-3-4-6-13)18(2)11-14-8-10-19-12-14/h5,14H,3-4,6-12H2,1-2H3,(H,16,17). The zero-order valence-electron chi connectivity index (χ0n) is 12.3. The van der Waals surface area contributed by atoms with Gasteiger partial charge < -0.3 is 15.0 Å². The van der Waals surface area contributed by atoms with Crippen LogP contribution >= 0.6 is 0 Å². The average molecular weight is 265 g/mol. The van der Waals surface area contributed by atoms with Crippen LogP contribution in [0.15, 0.2) is 16.6 Å². The van der Waals surface area contributed by atoms with E-state index in [2.05, 4.69) is 28.3 Å². The summed E-state index contributed by atoms with van der Waals surface area (Å²) < 4.78 is 5.43. The summed E-state index contributed by atoms with van der Waals surface area (Å²) in [5.41, 5.74) is 1.61. The van der Waals surface area contributed by atoms with E-state index in [1.165, 1.54) is 25.7 Å². The van der Waals surface area contributed by atoms with Crippen molar-refractivity contribution in [1.29, 1.82) is 0 Å². The topological polar surface area (TPSA) is 36.9 Å². The second-order valence-electron chi connectivity index (χ2n) is 5.59. The van der Waals surface area contributed by atoms with Crippen LogP contribution in [0.2, 0.25) is 0 Å². The number of nitrogens with zero attached hydrogens (tertiary/aromatic N) is 2. The summed E-state index contributed by atoms with van der Waals surface area (Å²) in [5, 5.41) is 3.46. The van der Waals surface area contributed by atoms with Gasteiger partial charge in [0.15, 0.2) is 5.96 Å². The molecule has 2 aliphatic rings. The Morgan fingerprint density at radius 3 is 3.11 bits per heavy atom. The molecule has 1 unspecified atom stereocenters. The molecule has 1 aliphatic carbocycles. The van der Waals surface area contributed by atoms with Gasteiger partial charge in [-0.2, -0.15) is 0 Å². The first kappa shape index (κ1) is 14.4. The van der Waals surface area contributed by atoms with Crippen LogP contribution in [0.3, 0.4) is 0 Å². The molecule has 1 heterocycles. The third-order valence-corrected chi connectivity index (χ3v) is 3.99. The lowest BCUT2D eigenvalue weighted by atomic mass is 10.1. The minimum Gasteiger partial charge on any atom is -0.381 e. The summed E-state index contributed by atoms with van der Waals surface area (Å²) in [7, 11) is 3.97. The van der Waals surface area contributed by atoms with E-state index in [1.54, 1.807) is 5.57 Å². The smallest absolute Gasteiger partial charge is 0.193 e. The fourth-order valence-corrected chi connectivity index (χ4v) is 2.89. The Hall–Kier alpha value is -1.03. The molecule has 1 N–H and O–H groups in total. The number of ether oxygens (including phenoxy) is 1. The first-order valence-electron chi connectivity index (χ1n) is 7.47. The van der Waals surface area contributed by atoms with Crippen molar-refractivity contribution in [2.24, 2.45) is 10.9 Å². The molecular weight excluding hydrogens is 238 g/mol. The van der Waals surface area contributed by atoms with Crippen molar-refractivity contribution in [1.82, 2.24) is 10.2 Å². The highest BCUT2D eigenvalue weighted by atomic mass is 16.5. The quantitative estimate of drug-likeness (QED) is 0.469. The molecule has 1 fully saturated rings.